The molecular weight excluding hydrogens is 365 g/mol. The predicted molar refractivity (Wildman–Crippen MR) is 84.0 cm³/mol. The SMILES string of the molecule is O=C1C2C3C=CC(CC3)C2C(=O)N1c1cccc(I)c1. The molecule has 2 amide bonds. The molecular formula is C16H14INO2. The molecule has 0 N–H and O–H groups in total. The zero-order valence-corrected chi connectivity index (χ0v) is 13.0. The summed E-state index contributed by atoms with van der Waals surface area (Å²) in [5.41, 5.74) is 0.723. The highest BCUT2D eigenvalue weighted by atomic mass is 127. The fourth-order valence-electron chi connectivity index (χ4n) is 3.94. The number of carbonyl (C=O) groups is 2. The van der Waals surface area contributed by atoms with Gasteiger partial charge >= 0.3 is 0 Å². The standard InChI is InChI=1S/C16H14INO2/c17-11-2-1-3-12(8-11)18-15(19)13-9-4-5-10(7-6-9)14(13)16(18)20/h1-5,8-10,13-14H,6-7H2. The molecule has 0 spiro atoms. The van der Waals surface area contributed by atoms with E-state index in [1.165, 1.54) is 4.90 Å². The Hall–Kier alpha value is -1.17. The molecule has 0 radical (unpaired) electrons. The monoisotopic (exact) mass is 379 g/mol. The molecule has 2 fully saturated rings. The van der Waals surface area contributed by atoms with Crippen molar-refractivity contribution >= 4 is 40.1 Å². The molecule has 1 heterocycles. The fourth-order valence-corrected chi connectivity index (χ4v) is 4.47. The Morgan fingerprint density at radius 1 is 1.00 bits per heavy atom. The Labute approximate surface area is 131 Å². The van der Waals surface area contributed by atoms with Crippen LogP contribution in [-0.2, 0) is 9.59 Å². The number of halogens is 1. The quantitative estimate of drug-likeness (QED) is 0.428. The molecule has 3 aliphatic carbocycles. The minimum Gasteiger partial charge on any atom is -0.274 e. The molecule has 4 heteroatoms. The average Bonchev–Trinajstić information content (AvgIpc) is 2.74. The maximum absolute atomic E-state index is 12.7. The summed E-state index contributed by atoms with van der Waals surface area (Å²) in [6.07, 6.45) is 6.39. The number of hydrogen-bond donors (Lipinski definition) is 0. The van der Waals surface area contributed by atoms with Gasteiger partial charge < -0.3 is 0 Å². The molecule has 1 aromatic carbocycles. The van der Waals surface area contributed by atoms with E-state index in [4.69, 9.17) is 0 Å². The van der Waals surface area contributed by atoms with Crippen LogP contribution in [0.2, 0.25) is 0 Å². The first-order valence-electron chi connectivity index (χ1n) is 6.98. The van der Waals surface area contributed by atoms with E-state index >= 15 is 0 Å². The van der Waals surface area contributed by atoms with Crippen LogP contribution in [0.25, 0.3) is 0 Å². The summed E-state index contributed by atoms with van der Waals surface area (Å²) in [6, 6.07) is 7.62. The van der Waals surface area contributed by atoms with Gasteiger partial charge in [-0.05, 0) is 65.5 Å². The van der Waals surface area contributed by atoms with Gasteiger partial charge in [0, 0.05) is 3.57 Å². The van der Waals surface area contributed by atoms with E-state index < -0.39 is 0 Å². The van der Waals surface area contributed by atoms with Crippen LogP contribution in [-0.4, -0.2) is 11.8 Å². The summed E-state index contributed by atoms with van der Waals surface area (Å²) in [4.78, 5) is 26.9. The van der Waals surface area contributed by atoms with E-state index in [2.05, 4.69) is 34.7 Å². The Morgan fingerprint density at radius 2 is 1.60 bits per heavy atom. The van der Waals surface area contributed by atoms with Crippen LogP contribution in [0, 0.1) is 27.2 Å². The molecule has 1 aromatic rings. The van der Waals surface area contributed by atoms with Gasteiger partial charge in [0.25, 0.3) is 0 Å². The number of nitrogens with zero attached hydrogens (tertiary/aromatic N) is 1. The maximum atomic E-state index is 12.7. The highest BCUT2D eigenvalue weighted by molar-refractivity contribution is 14.1. The molecule has 1 saturated carbocycles. The molecule has 4 unspecified atom stereocenters. The molecule has 102 valence electrons. The van der Waals surface area contributed by atoms with E-state index in [9.17, 15) is 9.59 Å². The Balaban J connectivity index is 1.77. The van der Waals surface area contributed by atoms with Gasteiger partial charge in [-0.3, -0.25) is 9.59 Å². The third-order valence-electron chi connectivity index (χ3n) is 4.83. The zero-order valence-electron chi connectivity index (χ0n) is 10.8. The molecule has 0 aromatic heterocycles. The minimum absolute atomic E-state index is 0.000972. The largest absolute Gasteiger partial charge is 0.274 e. The van der Waals surface area contributed by atoms with Crippen molar-refractivity contribution in [2.45, 2.75) is 12.8 Å². The van der Waals surface area contributed by atoms with Gasteiger partial charge in [-0.2, -0.15) is 0 Å². The molecule has 3 nitrogen and oxygen atoms in total. The van der Waals surface area contributed by atoms with Crippen molar-refractivity contribution in [3.05, 3.63) is 40.0 Å². The fraction of sp³-hybridized carbons (Fsp3) is 0.375. The first-order chi connectivity index (χ1) is 9.66. The highest BCUT2D eigenvalue weighted by Crippen LogP contribution is 2.50. The van der Waals surface area contributed by atoms with Gasteiger partial charge in [-0.25, -0.2) is 4.90 Å². The molecule has 4 aliphatic rings. The normalized spacial score (nSPS) is 34.8. The molecule has 1 saturated heterocycles. The van der Waals surface area contributed by atoms with E-state index in [0.717, 1.165) is 22.1 Å². The molecule has 5 rings (SSSR count). The Morgan fingerprint density at radius 3 is 2.10 bits per heavy atom. The number of rotatable bonds is 1. The van der Waals surface area contributed by atoms with Crippen molar-refractivity contribution in [2.75, 3.05) is 4.90 Å². The number of amides is 2. The second-order valence-electron chi connectivity index (χ2n) is 5.83. The van der Waals surface area contributed by atoms with Crippen molar-refractivity contribution in [3.63, 3.8) is 0 Å². The summed E-state index contributed by atoms with van der Waals surface area (Å²) in [6.45, 7) is 0. The number of anilines is 1. The van der Waals surface area contributed by atoms with Gasteiger partial charge in [0.2, 0.25) is 11.8 Å². The smallest absolute Gasteiger partial charge is 0.238 e. The van der Waals surface area contributed by atoms with Crippen LogP contribution < -0.4 is 4.90 Å². The Kier molecular flexibility index (Phi) is 2.77. The van der Waals surface area contributed by atoms with Gasteiger partial charge in [-0.1, -0.05) is 18.2 Å². The van der Waals surface area contributed by atoms with Crippen LogP contribution in [0.4, 0.5) is 5.69 Å². The molecule has 1 aliphatic heterocycles. The van der Waals surface area contributed by atoms with Crippen LogP contribution in [0.1, 0.15) is 12.8 Å². The number of allylic oxidation sites excluding steroid dienone is 2. The lowest BCUT2D eigenvalue weighted by atomic mass is 9.63. The first-order valence-corrected chi connectivity index (χ1v) is 8.06. The Bertz CT molecular complexity index is 607. The van der Waals surface area contributed by atoms with Crippen molar-refractivity contribution in [2.24, 2.45) is 23.7 Å². The second-order valence-corrected chi connectivity index (χ2v) is 7.08. The van der Waals surface area contributed by atoms with Gasteiger partial charge in [-0.15, -0.1) is 0 Å². The van der Waals surface area contributed by atoms with Crippen LogP contribution in [0.5, 0.6) is 0 Å². The zero-order chi connectivity index (χ0) is 13.9. The lowest BCUT2D eigenvalue weighted by Crippen LogP contribution is -2.38. The van der Waals surface area contributed by atoms with Crippen LogP contribution in [0.15, 0.2) is 36.4 Å². The third-order valence-corrected chi connectivity index (χ3v) is 5.50. The van der Waals surface area contributed by atoms with E-state index in [1.807, 2.05) is 24.3 Å². The lowest BCUT2D eigenvalue weighted by molar-refractivity contribution is -0.124. The van der Waals surface area contributed by atoms with E-state index in [0.29, 0.717) is 0 Å². The van der Waals surface area contributed by atoms with Gasteiger partial charge in [0.05, 0.1) is 17.5 Å². The highest BCUT2D eigenvalue weighted by Gasteiger charge is 2.56. The summed E-state index contributed by atoms with van der Waals surface area (Å²) in [5, 5.41) is 0. The lowest BCUT2D eigenvalue weighted by Gasteiger charge is -2.38. The number of fused-ring (bicyclic) bond motifs is 1. The van der Waals surface area contributed by atoms with Crippen LogP contribution in [0.3, 0.4) is 0 Å². The van der Waals surface area contributed by atoms with E-state index in [1.54, 1.807) is 0 Å². The summed E-state index contributed by atoms with van der Waals surface area (Å²) in [5.74, 6) is 0.277. The van der Waals surface area contributed by atoms with Crippen molar-refractivity contribution in [1.82, 2.24) is 0 Å². The van der Waals surface area contributed by atoms with Crippen LogP contribution >= 0.6 is 22.6 Å². The summed E-state index contributed by atoms with van der Waals surface area (Å²) in [7, 11) is 0. The number of carbonyl (C=O) groups excluding carboxylic acids is 2. The molecule has 20 heavy (non-hydrogen) atoms. The molecule has 4 atom stereocenters. The molecule has 2 bridgehead atoms. The van der Waals surface area contributed by atoms with Crippen molar-refractivity contribution in [1.29, 1.82) is 0 Å². The summed E-state index contributed by atoms with van der Waals surface area (Å²) >= 11 is 2.21. The second kappa shape index (κ2) is 4.41. The van der Waals surface area contributed by atoms with Gasteiger partial charge in [0.15, 0.2) is 0 Å². The predicted octanol–water partition coefficient (Wildman–Crippen LogP) is 2.99. The number of benzene rings is 1. The minimum atomic E-state index is -0.121. The van der Waals surface area contributed by atoms with Crippen molar-refractivity contribution < 1.29 is 9.59 Å². The first kappa shape index (κ1) is 12.6. The average molecular weight is 379 g/mol. The third kappa shape index (κ3) is 1.63. The topological polar surface area (TPSA) is 37.4 Å². The van der Waals surface area contributed by atoms with E-state index in [-0.39, 0.29) is 35.5 Å². The maximum Gasteiger partial charge on any atom is 0.238 e. The van der Waals surface area contributed by atoms with Crippen molar-refractivity contribution in [3.8, 4) is 0 Å². The number of hydrogen-bond acceptors (Lipinski definition) is 2. The van der Waals surface area contributed by atoms with Gasteiger partial charge in [0.1, 0.15) is 0 Å². The number of imide groups is 1. The summed E-state index contributed by atoms with van der Waals surface area (Å²) < 4.78 is 1.04.